The second-order valence-corrected chi connectivity index (χ2v) is 5.52. The van der Waals surface area contributed by atoms with Gasteiger partial charge in [-0.05, 0) is 25.8 Å². The SMILES string of the molecule is CCCC(C)N1C(=O)CNC(=O)C1(C)c1ccccc1. The van der Waals surface area contributed by atoms with E-state index in [2.05, 4.69) is 12.2 Å². The van der Waals surface area contributed by atoms with Gasteiger partial charge in [0, 0.05) is 6.04 Å². The summed E-state index contributed by atoms with van der Waals surface area (Å²) < 4.78 is 0. The first-order chi connectivity index (χ1) is 9.51. The number of benzene rings is 1. The molecule has 0 saturated carbocycles. The Balaban J connectivity index is 2.48. The quantitative estimate of drug-likeness (QED) is 0.913. The summed E-state index contributed by atoms with van der Waals surface area (Å²) in [5, 5.41) is 2.72. The Morgan fingerprint density at radius 3 is 2.55 bits per heavy atom. The van der Waals surface area contributed by atoms with E-state index in [1.54, 1.807) is 4.90 Å². The Bertz CT molecular complexity index is 500. The Morgan fingerprint density at radius 1 is 1.30 bits per heavy atom. The Kier molecular flexibility index (Phi) is 4.12. The second-order valence-electron chi connectivity index (χ2n) is 5.52. The zero-order valence-electron chi connectivity index (χ0n) is 12.3. The molecule has 108 valence electrons. The minimum absolute atomic E-state index is 0.0168. The van der Waals surface area contributed by atoms with Crippen molar-refractivity contribution in [1.82, 2.24) is 10.2 Å². The Labute approximate surface area is 120 Å². The van der Waals surface area contributed by atoms with Crippen LogP contribution in [0.2, 0.25) is 0 Å². The first-order valence-corrected chi connectivity index (χ1v) is 7.17. The molecule has 2 rings (SSSR count). The van der Waals surface area contributed by atoms with Crippen molar-refractivity contribution < 1.29 is 9.59 Å². The third-order valence-corrected chi connectivity index (χ3v) is 4.08. The molecule has 4 nitrogen and oxygen atoms in total. The van der Waals surface area contributed by atoms with Gasteiger partial charge in [0.1, 0.15) is 5.54 Å². The van der Waals surface area contributed by atoms with Crippen LogP contribution in [0.3, 0.4) is 0 Å². The molecule has 0 aromatic heterocycles. The molecule has 1 aromatic carbocycles. The molecule has 1 aromatic rings. The summed E-state index contributed by atoms with van der Waals surface area (Å²) in [7, 11) is 0. The predicted molar refractivity (Wildman–Crippen MR) is 78.0 cm³/mol. The smallest absolute Gasteiger partial charge is 0.250 e. The number of carbonyl (C=O) groups is 2. The maximum atomic E-state index is 12.5. The van der Waals surface area contributed by atoms with Crippen molar-refractivity contribution in [2.75, 3.05) is 6.54 Å². The summed E-state index contributed by atoms with van der Waals surface area (Å²) in [6.07, 6.45) is 1.87. The zero-order valence-corrected chi connectivity index (χ0v) is 12.3. The molecule has 0 aliphatic carbocycles. The minimum atomic E-state index is -0.925. The highest BCUT2D eigenvalue weighted by molar-refractivity contribution is 5.98. The highest BCUT2D eigenvalue weighted by Gasteiger charge is 2.48. The summed E-state index contributed by atoms with van der Waals surface area (Å²) in [6.45, 7) is 6.03. The van der Waals surface area contributed by atoms with Crippen molar-refractivity contribution >= 4 is 11.8 Å². The van der Waals surface area contributed by atoms with Gasteiger partial charge in [0.25, 0.3) is 5.91 Å². The summed E-state index contributed by atoms with van der Waals surface area (Å²) in [5.74, 6) is -0.122. The van der Waals surface area contributed by atoms with Gasteiger partial charge in [0.2, 0.25) is 5.91 Å². The number of rotatable bonds is 4. The molecule has 2 unspecified atom stereocenters. The summed E-state index contributed by atoms with van der Waals surface area (Å²) >= 11 is 0. The molecule has 2 atom stereocenters. The van der Waals surface area contributed by atoms with Gasteiger partial charge >= 0.3 is 0 Å². The first kappa shape index (κ1) is 14.6. The molecule has 2 amide bonds. The fourth-order valence-electron chi connectivity index (χ4n) is 3.04. The van der Waals surface area contributed by atoms with Crippen molar-refractivity contribution in [3.8, 4) is 0 Å². The van der Waals surface area contributed by atoms with Crippen LogP contribution in [-0.2, 0) is 15.1 Å². The molecule has 0 radical (unpaired) electrons. The monoisotopic (exact) mass is 274 g/mol. The predicted octanol–water partition coefficient (Wildman–Crippen LogP) is 2.05. The fraction of sp³-hybridized carbons (Fsp3) is 0.500. The van der Waals surface area contributed by atoms with Crippen LogP contribution >= 0.6 is 0 Å². The van der Waals surface area contributed by atoms with Gasteiger partial charge in [0.05, 0.1) is 6.54 Å². The maximum Gasteiger partial charge on any atom is 0.250 e. The lowest BCUT2D eigenvalue weighted by molar-refractivity contribution is -0.156. The highest BCUT2D eigenvalue weighted by Crippen LogP contribution is 2.33. The molecule has 1 aliphatic heterocycles. The summed E-state index contributed by atoms with van der Waals surface area (Å²) in [5.41, 5.74) is -0.0703. The van der Waals surface area contributed by atoms with E-state index < -0.39 is 5.54 Å². The standard InChI is InChI=1S/C16H22N2O2/c1-4-8-12(2)18-14(19)11-17-15(20)16(18,3)13-9-6-5-7-10-13/h5-7,9-10,12H,4,8,11H2,1-3H3,(H,17,20). The van der Waals surface area contributed by atoms with Crippen molar-refractivity contribution in [2.24, 2.45) is 0 Å². The molecule has 1 aliphatic rings. The lowest BCUT2D eigenvalue weighted by atomic mass is 9.85. The fourth-order valence-corrected chi connectivity index (χ4v) is 3.04. The zero-order chi connectivity index (χ0) is 14.8. The van der Waals surface area contributed by atoms with Crippen LogP contribution in [0.5, 0.6) is 0 Å². The average molecular weight is 274 g/mol. The molecule has 1 N–H and O–H groups in total. The molecule has 4 heteroatoms. The largest absolute Gasteiger partial charge is 0.345 e. The second kappa shape index (κ2) is 5.65. The number of hydrogen-bond donors (Lipinski definition) is 1. The van der Waals surface area contributed by atoms with E-state index in [0.29, 0.717) is 0 Å². The van der Waals surface area contributed by atoms with E-state index in [9.17, 15) is 9.59 Å². The first-order valence-electron chi connectivity index (χ1n) is 7.17. The number of carbonyl (C=O) groups excluding carboxylic acids is 2. The normalized spacial score (nSPS) is 24.4. The van der Waals surface area contributed by atoms with Gasteiger partial charge in [-0.2, -0.15) is 0 Å². The van der Waals surface area contributed by atoms with Crippen LogP contribution in [0.4, 0.5) is 0 Å². The number of amides is 2. The van der Waals surface area contributed by atoms with Crippen LogP contribution in [0, 0.1) is 0 Å². The topological polar surface area (TPSA) is 49.4 Å². The lowest BCUT2D eigenvalue weighted by Crippen LogP contribution is -2.66. The molecule has 1 fully saturated rings. The van der Waals surface area contributed by atoms with E-state index in [-0.39, 0.29) is 24.4 Å². The maximum absolute atomic E-state index is 12.5. The van der Waals surface area contributed by atoms with Crippen molar-refractivity contribution in [2.45, 2.75) is 45.2 Å². The number of piperazine rings is 1. The molecular formula is C16H22N2O2. The van der Waals surface area contributed by atoms with Crippen molar-refractivity contribution in [3.05, 3.63) is 35.9 Å². The van der Waals surface area contributed by atoms with Gasteiger partial charge in [0.15, 0.2) is 0 Å². The highest BCUT2D eigenvalue weighted by atomic mass is 16.2. The van der Waals surface area contributed by atoms with Crippen molar-refractivity contribution in [3.63, 3.8) is 0 Å². The van der Waals surface area contributed by atoms with Crippen LogP contribution in [0.1, 0.15) is 39.2 Å². The molecule has 0 spiro atoms. The van der Waals surface area contributed by atoms with Crippen LogP contribution in [-0.4, -0.2) is 29.3 Å². The van der Waals surface area contributed by atoms with E-state index >= 15 is 0 Å². The third-order valence-electron chi connectivity index (χ3n) is 4.08. The summed E-state index contributed by atoms with van der Waals surface area (Å²) in [4.78, 5) is 26.6. The van der Waals surface area contributed by atoms with Crippen LogP contribution in [0.15, 0.2) is 30.3 Å². The lowest BCUT2D eigenvalue weighted by Gasteiger charge is -2.47. The molecule has 1 saturated heterocycles. The van der Waals surface area contributed by atoms with E-state index in [4.69, 9.17) is 0 Å². The molecule has 20 heavy (non-hydrogen) atoms. The molecular weight excluding hydrogens is 252 g/mol. The van der Waals surface area contributed by atoms with Gasteiger partial charge in [-0.3, -0.25) is 9.59 Å². The van der Waals surface area contributed by atoms with E-state index in [1.165, 1.54) is 0 Å². The number of nitrogens with zero attached hydrogens (tertiary/aromatic N) is 1. The number of nitrogens with one attached hydrogen (secondary N) is 1. The Hall–Kier alpha value is -1.84. The van der Waals surface area contributed by atoms with Crippen LogP contribution in [0.25, 0.3) is 0 Å². The van der Waals surface area contributed by atoms with Gasteiger partial charge < -0.3 is 10.2 Å². The average Bonchev–Trinajstić information content (AvgIpc) is 2.44. The van der Waals surface area contributed by atoms with Gasteiger partial charge in [-0.25, -0.2) is 0 Å². The van der Waals surface area contributed by atoms with Crippen LogP contribution < -0.4 is 5.32 Å². The van der Waals surface area contributed by atoms with E-state index in [1.807, 2.05) is 44.2 Å². The van der Waals surface area contributed by atoms with Crippen molar-refractivity contribution in [1.29, 1.82) is 0 Å². The third kappa shape index (κ3) is 2.30. The summed E-state index contributed by atoms with van der Waals surface area (Å²) in [6, 6.07) is 9.57. The van der Waals surface area contributed by atoms with Gasteiger partial charge in [-0.15, -0.1) is 0 Å². The minimum Gasteiger partial charge on any atom is -0.345 e. The molecule has 0 bridgehead atoms. The van der Waals surface area contributed by atoms with Gasteiger partial charge in [-0.1, -0.05) is 43.7 Å². The number of hydrogen-bond acceptors (Lipinski definition) is 2. The Morgan fingerprint density at radius 2 is 1.95 bits per heavy atom. The van der Waals surface area contributed by atoms with E-state index in [0.717, 1.165) is 18.4 Å². The molecule has 1 heterocycles.